The number of aryl methyl sites for hydroxylation is 1. The van der Waals surface area contributed by atoms with Crippen molar-refractivity contribution in [3.8, 4) is 0 Å². The maximum absolute atomic E-state index is 11.9. The lowest BCUT2D eigenvalue weighted by Crippen LogP contribution is -2.27. The van der Waals surface area contributed by atoms with Crippen molar-refractivity contribution in [2.45, 2.75) is 26.8 Å². The number of methoxy groups -OCH3 is 1. The molecule has 1 rings (SSSR count). The van der Waals surface area contributed by atoms with Gasteiger partial charge >= 0.3 is 0 Å². The van der Waals surface area contributed by atoms with Crippen LogP contribution in [0.5, 0.6) is 0 Å². The lowest BCUT2D eigenvalue weighted by atomic mass is 10.2. The lowest BCUT2D eigenvalue weighted by molar-refractivity contribution is 0.101. The van der Waals surface area contributed by atoms with E-state index < -0.39 is 0 Å². The van der Waals surface area contributed by atoms with Gasteiger partial charge in [0.25, 0.3) is 5.56 Å². The number of carbonyl (C=O) groups excluding carboxylic acids is 1. The van der Waals surface area contributed by atoms with Crippen LogP contribution in [0.1, 0.15) is 29.4 Å². The molecule has 0 N–H and O–H groups in total. The van der Waals surface area contributed by atoms with Crippen LogP contribution in [0.25, 0.3) is 0 Å². The first-order valence-electron chi connectivity index (χ1n) is 5.28. The zero-order valence-corrected chi connectivity index (χ0v) is 9.95. The van der Waals surface area contributed by atoms with Crippen LogP contribution in [-0.4, -0.2) is 24.1 Å². The van der Waals surface area contributed by atoms with Crippen LogP contribution in [-0.2, 0) is 11.3 Å². The Hall–Kier alpha value is -1.42. The fourth-order valence-electron chi connectivity index (χ4n) is 1.58. The van der Waals surface area contributed by atoms with Gasteiger partial charge in [0.05, 0.1) is 5.56 Å². The van der Waals surface area contributed by atoms with Gasteiger partial charge in [0.1, 0.15) is 0 Å². The van der Waals surface area contributed by atoms with E-state index in [-0.39, 0.29) is 16.9 Å². The molecule has 0 aliphatic rings. The van der Waals surface area contributed by atoms with Crippen LogP contribution in [0.4, 0.5) is 0 Å². The predicted molar refractivity (Wildman–Crippen MR) is 61.9 cm³/mol. The van der Waals surface area contributed by atoms with Crippen molar-refractivity contribution in [2.75, 3.05) is 13.7 Å². The fraction of sp³-hybridized carbons (Fsp3) is 0.500. The van der Waals surface area contributed by atoms with Crippen LogP contribution in [0, 0.1) is 6.92 Å². The zero-order chi connectivity index (χ0) is 12.1. The minimum absolute atomic E-state index is 0.189. The second-order valence-corrected chi connectivity index (χ2v) is 3.75. The summed E-state index contributed by atoms with van der Waals surface area (Å²) >= 11 is 0. The Bertz CT molecular complexity index is 434. The largest absolute Gasteiger partial charge is 0.385 e. The minimum atomic E-state index is -0.205. The highest BCUT2D eigenvalue weighted by Crippen LogP contribution is 2.00. The molecule has 1 heterocycles. The Kier molecular flexibility index (Phi) is 4.43. The fourth-order valence-corrected chi connectivity index (χ4v) is 1.58. The van der Waals surface area contributed by atoms with Gasteiger partial charge in [0.2, 0.25) is 0 Å². The Morgan fingerprint density at radius 2 is 2.12 bits per heavy atom. The number of ketones is 1. The van der Waals surface area contributed by atoms with Gasteiger partial charge in [-0.05, 0) is 32.4 Å². The second kappa shape index (κ2) is 5.61. The molecular weight excluding hydrogens is 206 g/mol. The molecule has 4 nitrogen and oxygen atoms in total. The van der Waals surface area contributed by atoms with Crippen LogP contribution < -0.4 is 5.56 Å². The third-order valence-corrected chi connectivity index (χ3v) is 2.50. The number of ether oxygens (including phenoxy) is 1. The quantitative estimate of drug-likeness (QED) is 0.560. The third-order valence-electron chi connectivity index (χ3n) is 2.50. The van der Waals surface area contributed by atoms with Gasteiger partial charge < -0.3 is 9.30 Å². The smallest absolute Gasteiger partial charge is 0.261 e. The first-order valence-corrected chi connectivity index (χ1v) is 5.28. The van der Waals surface area contributed by atoms with Crippen molar-refractivity contribution >= 4 is 5.78 Å². The molecule has 0 amide bonds. The standard InChI is InChI=1S/C12H17NO3/c1-9-5-6-11(10(2)14)12(15)13(9)7-4-8-16-3/h5-6H,4,7-8H2,1-3H3. The Morgan fingerprint density at radius 3 is 2.69 bits per heavy atom. The van der Waals surface area contributed by atoms with Gasteiger partial charge in [0, 0.05) is 26.0 Å². The van der Waals surface area contributed by atoms with E-state index in [0.717, 1.165) is 12.1 Å². The molecule has 4 heteroatoms. The monoisotopic (exact) mass is 223 g/mol. The average Bonchev–Trinajstić information content (AvgIpc) is 2.22. The molecule has 0 atom stereocenters. The topological polar surface area (TPSA) is 48.3 Å². The number of nitrogens with zero attached hydrogens (tertiary/aromatic N) is 1. The molecule has 0 saturated carbocycles. The van der Waals surface area contributed by atoms with E-state index >= 15 is 0 Å². The number of hydrogen-bond donors (Lipinski definition) is 0. The summed E-state index contributed by atoms with van der Waals surface area (Å²) in [7, 11) is 1.63. The van der Waals surface area contributed by atoms with Crippen molar-refractivity contribution in [1.29, 1.82) is 0 Å². The van der Waals surface area contributed by atoms with Crippen molar-refractivity contribution in [3.05, 3.63) is 33.7 Å². The molecule has 0 unspecified atom stereocenters. The maximum Gasteiger partial charge on any atom is 0.261 e. The van der Waals surface area contributed by atoms with Crippen molar-refractivity contribution < 1.29 is 9.53 Å². The van der Waals surface area contributed by atoms with Gasteiger partial charge in [-0.25, -0.2) is 0 Å². The summed E-state index contributed by atoms with van der Waals surface area (Å²) in [6.07, 6.45) is 0.763. The SMILES string of the molecule is COCCCn1c(C)ccc(C(C)=O)c1=O. The number of hydrogen-bond acceptors (Lipinski definition) is 3. The molecule has 88 valence electrons. The van der Waals surface area contributed by atoms with E-state index in [2.05, 4.69) is 0 Å². The normalized spacial score (nSPS) is 10.4. The molecule has 0 aromatic carbocycles. The molecule has 16 heavy (non-hydrogen) atoms. The predicted octanol–water partition coefficient (Wildman–Crippen LogP) is 1.40. The summed E-state index contributed by atoms with van der Waals surface area (Å²) in [4.78, 5) is 23.1. The Labute approximate surface area is 94.9 Å². The first-order chi connectivity index (χ1) is 7.57. The highest BCUT2D eigenvalue weighted by Gasteiger charge is 2.09. The maximum atomic E-state index is 11.9. The Morgan fingerprint density at radius 1 is 1.44 bits per heavy atom. The molecule has 1 aromatic rings. The van der Waals surface area contributed by atoms with Gasteiger partial charge in [-0.2, -0.15) is 0 Å². The van der Waals surface area contributed by atoms with E-state index in [9.17, 15) is 9.59 Å². The minimum Gasteiger partial charge on any atom is -0.385 e. The van der Waals surface area contributed by atoms with Gasteiger partial charge in [-0.15, -0.1) is 0 Å². The van der Waals surface area contributed by atoms with E-state index in [1.165, 1.54) is 6.92 Å². The van der Waals surface area contributed by atoms with Gasteiger partial charge in [-0.3, -0.25) is 9.59 Å². The van der Waals surface area contributed by atoms with Crippen LogP contribution in [0.3, 0.4) is 0 Å². The molecule has 1 aromatic heterocycles. The first kappa shape index (κ1) is 12.6. The Balaban J connectivity index is 3.02. The third kappa shape index (κ3) is 2.79. The van der Waals surface area contributed by atoms with Crippen molar-refractivity contribution in [2.24, 2.45) is 0 Å². The lowest BCUT2D eigenvalue weighted by Gasteiger charge is -2.10. The van der Waals surface area contributed by atoms with E-state index in [1.807, 2.05) is 6.92 Å². The summed E-state index contributed by atoms with van der Waals surface area (Å²) in [5.41, 5.74) is 0.915. The number of pyridine rings is 1. The zero-order valence-electron chi connectivity index (χ0n) is 9.95. The van der Waals surface area contributed by atoms with Gasteiger partial charge in [0.15, 0.2) is 5.78 Å². The van der Waals surface area contributed by atoms with Crippen LogP contribution in [0.2, 0.25) is 0 Å². The summed E-state index contributed by atoms with van der Waals surface area (Å²) < 4.78 is 6.56. The molecule has 0 aliphatic heterocycles. The molecule has 0 aliphatic carbocycles. The molecule has 0 saturated heterocycles. The number of aromatic nitrogens is 1. The summed E-state index contributed by atoms with van der Waals surface area (Å²) in [5, 5.41) is 0. The number of carbonyl (C=O) groups is 1. The van der Waals surface area contributed by atoms with E-state index in [0.29, 0.717) is 13.2 Å². The van der Waals surface area contributed by atoms with Crippen LogP contribution >= 0.6 is 0 Å². The van der Waals surface area contributed by atoms with Crippen LogP contribution in [0.15, 0.2) is 16.9 Å². The molecule has 0 fully saturated rings. The highest BCUT2D eigenvalue weighted by molar-refractivity contribution is 5.93. The number of Topliss-reactive ketones (excluding diaryl/α,β-unsaturated/α-hetero) is 1. The molecule has 0 bridgehead atoms. The summed E-state index contributed by atoms with van der Waals surface area (Å²) in [5.74, 6) is -0.189. The highest BCUT2D eigenvalue weighted by atomic mass is 16.5. The average molecular weight is 223 g/mol. The molecular formula is C12H17NO3. The van der Waals surface area contributed by atoms with Crippen molar-refractivity contribution in [3.63, 3.8) is 0 Å². The van der Waals surface area contributed by atoms with E-state index in [4.69, 9.17) is 4.74 Å². The van der Waals surface area contributed by atoms with E-state index in [1.54, 1.807) is 23.8 Å². The number of rotatable bonds is 5. The van der Waals surface area contributed by atoms with Gasteiger partial charge in [-0.1, -0.05) is 0 Å². The second-order valence-electron chi connectivity index (χ2n) is 3.75. The molecule has 0 radical (unpaired) electrons. The van der Waals surface area contributed by atoms with Crippen molar-refractivity contribution in [1.82, 2.24) is 4.57 Å². The summed E-state index contributed by atoms with van der Waals surface area (Å²) in [6, 6.07) is 3.39. The summed E-state index contributed by atoms with van der Waals surface area (Å²) in [6.45, 7) is 4.46. The molecule has 0 spiro atoms.